The van der Waals surface area contributed by atoms with Gasteiger partial charge in [-0.25, -0.2) is 9.97 Å². The third-order valence-electron chi connectivity index (χ3n) is 20.8. The Bertz CT molecular complexity index is 6170. The molecule has 0 bridgehead atoms. The predicted octanol–water partition coefficient (Wildman–Crippen LogP) is 26.2. The summed E-state index contributed by atoms with van der Waals surface area (Å²) in [6.07, 6.45) is 0. The van der Waals surface area contributed by atoms with Crippen molar-refractivity contribution in [3.63, 3.8) is 0 Å². The lowest BCUT2D eigenvalue weighted by Gasteiger charge is -2.29. The molecule has 0 saturated heterocycles. The highest BCUT2D eigenvalue weighted by Gasteiger charge is 2.33. The van der Waals surface area contributed by atoms with Gasteiger partial charge < -0.3 is 0 Å². The minimum absolute atomic E-state index is 0.883. The molecular weight excluding hydrogens is 1230 g/mol. The van der Waals surface area contributed by atoms with E-state index in [9.17, 15) is 0 Å². The number of imidazole rings is 2. The van der Waals surface area contributed by atoms with Crippen molar-refractivity contribution in [3.8, 4) is 123 Å². The van der Waals surface area contributed by atoms with Crippen LogP contribution in [-0.2, 0) is 0 Å². The Hall–Kier alpha value is -13.5. The lowest BCUT2D eigenvalue weighted by atomic mass is 9.73. The Kier molecular flexibility index (Phi) is 13.9. The van der Waals surface area contributed by atoms with Crippen molar-refractivity contribution in [2.24, 2.45) is 0 Å². The summed E-state index contributed by atoms with van der Waals surface area (Å²) in [6.45, 7) is 0. The number of aromatic nitrogens is 4. The fraction of sp³-hybridized carbons (Fsp3) is 0. The van der Waals surface area contributed by atoms with Crippen LogP contribution in [0.15, 0.2) is 376 Å². The molecule has 20 rings (SSSR count). The van der Waals surface area contributed by atoms with E-state index in [2.05, 4.69) is 385 Å². The summed E-state index contributed by atoms with van der Waals surface area (Å²) in [4.78, 5) is 10.8. The zero-order valence-electron chi connectivity index (χ0n) is 55.6. The van der Waals surface area contributed by atoms with Crippen LogP contribution in [0.3, 0.4) is 0 Å². The van der Waals surface area contributed by atoms with Crippen LogP contribution in [0.2, 0.25) is 0 Å². The normalized spacial score (nSPS) is 11.7. The van der Waals surface area contributed by atoms with E-state index in [1.54, 1.807) is 0 Å². The zero-order valence-corrected chi connectivity index (χ0v) is 55.6. The van der Waals surface area contributed by atoms with Gasteiger partial charge in [-0.15, -0.1) is 0 Å². The lowest BCUT2D eigenvalue weighted by molar-refractivity contribution is 1.10. The van der Waals surface area contributed by atoms with Crippen molar-refractivity contribution in [3.05, 3.63) is 376 Å². The lowest BCUT2D eigenvalue weighted by Crippen LogP contribution is -2.02. The van der Waals surface area contributed by atoms with Crippen LogP contribution in [-0.4, -0.2) is 19.1 Å². The number of rotatable bonds is 12. The first-order chi connectivity index (χ1) is 50.7. The van der Waals surface area contributed by atoms with Gasteiger partial charge in [-0.05, 0) is 191 Å². The first-order valence-electron chi connectivity index (χ1n) is 35.1. The molecule has 0 unspecified atom stereocenters. The number of para-hydroxylation sites is 6. The molecule has 0 amide bonds. The van der Waals surface area contributed by atoms with Crippen LogP contribution >= 0.6 is 0 Å². The van der Waals surface area contributed by atoms with E-state index >= 15 is 0 Å². The Morgan fingerprint density at radius 1 is 0.157 bits per heavy atom. The van der Waals surface area contributed by atoms with Crippen molar-refractivity contribution in [1.29, 1.82) is 0 Å². The average Bonchev–Trinajstić information content (AvgIpc) is 0.939. The van der Waals surface area contributed by atoms with Gasteiger partial charge >= 0.3 is 0 Å². The molecule has 20 aromatic rings. The van der Waals surface area contributed by atoms with E-state index in [-0.39, 0.29) is 0 Å². The van der Waals surface area contributed by atoms with Crippen molar-refractivity contribution >= 4 is 75.9 Å². The van der Waals surface area contributed by atoms with Crippen LogP contribution in [0.25, 0.3) is 199 Å². The Labute approximate surface area is 590 Å². The predicted molar refractivity (Wildman–Crippen MR) is 429 cm³/mol. The molecule has 0 atom stereocenters. The average molecular weight is 1300 g/mol. The SMILES string of the molecule is c1ccc(-c2c(-c3ccccc3)c(-c3ccccc3)c3c4cccc5c6c(-c7ccc(-c8nc9ccccc9n8-c8ccccc8)cc7)c(-c7ccccc7)c(-c7ccccc7)c(-c7ccc(-c8nc9ccccc9n8-c8ccccc8)cc7)c6c6cccc(c3c2-c2ccccc2)c6c45)cc1. The summed E-state index contributed by atoms with van der Waals surface area (Å²) in [5.74, 6) is 1.77. The number of nitrogens with zero attached hydrogens (tertiary/aromatic N) is 4. The third kappa shape index (κ3) is 9.31. The number of benzene rings is 18. The van der Waals surface area contributed by atoms with Gasteiger partial charge in [0, 0.05) is 22.5 Å². The minimum Gasteiger partial charge on any atom is -0.292 e. The van der Waals surface area contributed by atoms with E-state index in [0.29, 0.717) is 0 Å². The molecule has 0 spiro atoms. The maximum atomic E-state index is 5.41. The summed E-state index contributed by atoms with van der Waals surface area (Å²) in [7, 11) is 0. The Morgan fingerprint density at radius 2 is 0.373 bits per heavy atom. The summed E-state index contributed by atoms with van der Waals surface area (Å²) < 4.78 is 4.60. The molecule has 4 nitrogen and oxygen atoms in total. The molecular formula is C98H62N4. The first-order valence-corrected chi connectivity index (χ1v) is 35.1. The van der Waals surface area contributed by atoms with Crippen LogP contribution in [0.4, 0.5) is 0 Å². The fourth-order valence-electron chi connectivity index (χ4n) is 16.7. The molecule has 0 N–H and O–H groups in total. The first kappa shape index (κ1) is 58.6. The second-order valence-electron chi connectivity index (χ2n) is 26.5. The molecule has 0 aliphatic rings. The molecule has 0 radical (unpaired) electrons. The molecule has 18 aromatic carbocycles. The minimum atomic E-state index is 0.883. The summed E-state index contributed by atoms with van der Waals surface area (Å²) in [6, 6.07) is 138. The Balaban J connectivity index is 0.990. The molecule has 0 aliphatic carbocycles. The van der Waals surface area contributed by atoms with E-state index in [4.69, 9.17) is 9.97 Å². The van der Waals surface area contributed by atoms with Crippen LogP contribution < -0.4 is 0 Å². The third-order valence-corrected chi connectivity index (χ3v) is 20.8. The van der Waals surface area contributed by atoms with Gasteiger partial charge in [0.25, 0.3) is 0 Å². The highest BCUT2D eigenvalue weighted by molar-refractivity contribution is 6.46. The van der Waals surface area contributed by atoms with Crippen LogP contribution in [0.5, 0.6) is 0 Å². The van der Waals surface area contributed by atoms with Gasteiger partial charge in [0.05, 0.1) is 22.1 Å². The molecule has 2 heterocycles. The molecule has 0 fully saturated rings. The van der Waals surface area contributed by atoms with E-state index in [0.717, 1.165) is 123 Å². The molecule has 2 aromatic heterocycles. The highest BCUT2D eigenvalue weighted by Crippen LogP contribution is 2.60. The topological polar surface area (TPSA) is 35.6 Å². The van der Waals surface area contributed by atoms with Crippen molar-refractivity contribution in [1.82, 2.24) is 19.1 Å². The number of hydrogen-bond donors (Lipinski definition) is 0. The molecule has 102 heavy (non-hydrogen) atoms. The zero-order chi connectivity index (χ0) is 67.2. The molecule has 0 saturated carbocycles. The second-order valence-corrected chi connectivity index (χ2v) is 26.5. The smallest absolute Gasteiger partial charge is 0.145 e. The van der Waals surface area contributed by atoms with Gasteiger partial charge in [-0.2, -0.15) is 0 Å². The quantitative estimate of drug-likeness (QED) is 0.0903. The van der Waals surface area contributed by atoms with Gasteiger partial charge in [-0.3, -0.25) is 9.13 Å². The maximum Gasteiger partial charge on any atom is 0.145 e. The summed E-state index contributed by atoms with van der Waals surface area (Å²) in [5.41, 5.74) is 26.6. The fourth-order valence-corrected chi connectivity index (χ4v) is 16.7. The molecule has 4 heteroatoms. The largest absolute Gasteiger partial charge is 0.292 e. The van der Waals surface area contributed by atoms with Gasteiger partial charge in [0.15, 0.2) is 0 Å². The summed E-state index contributed by atoms with van der Waals surface area (Å²) in [5, 5.41) is 12.0. The van der Waals surface area contributed by atoms with Gasteiger partial charge in [-0.1, -0.05) is 328 Å². The van der Waals surface area contributed by atoms with Crippen LogP contribution in [0, 0.1) is 0 Å². The summed E-state index contributed by atoms with van der Waals surface area (Å²) >= 11 is 0. The van der Waals surface area contributed by atoms with Crippen molar-refractivity contribution in [2.75, 3.05) is 0 Å². The van der Waals surface area contributed by atoms with Gasteiger partial charge in [0.1, 0.15) is 11.6 Å². The van der Waals surface area contributed by atoms with Gasteiger partial charge in [0.2, 0.25) is 0 Å². The molecule has 474 valence electrons. The number of fused-ring (bicyclic) bond motifs is 8. The monoisotopic (exact) mass is 1290 g/mol. The van der Waals surface area contributed by atoms with E-state index in [1.165, 1.54) is 76.1 Å². The number of hydrogen-bond acceptors (Lipinski definition) is 2. The van der Waals surface area contributed by atoms with Crippen molar-refractivity contribution < 1.29 is 0 Å². The van der Waals surface area contributed by atoms with Crippen LogP contribution in [0.1, 0.15) is 0 Å². The molecule has 0 aliphatic heterocycles. The highest BCUT2D eigenvalue weighted by atomic mass is 15.1. The van der Waals surface area contributed by atoms with E-state index < -0.39 is 0 Å². The van der Waals surface area contributed by atoms with Crippen molar-refractivity contribution in [2.45, 2.75) is 0 Å². The van der Waals surface area contributed by atoms with E-state index in [1.807, 2.05) is 0 Å². The maximum absolute atomic E-state index is 5.41. The second kappa shape index (κ2) is 24.2. The standard InChI is InChI=1S/C98H62N4/c1-9-31-63(32-10-1)83-84(64-33-11-2-12-34-64)88(68-41-19-6-20-42-68)94-76-48-30-50-78-92(76)91-75(93(94)87(83)67-39-17-5-18-40-67)47-29-49-77(91)95-89(69-55-59-71(60-56-69)97-99-79-51-25-27-53-81(79)101(97)73-43-21-7-22-44-73)85(65-35-13-3-14-36-65)86(66-37-15-4-16-38-66)90(96(78)95)70-57-61-72(62-58-70)98-100-80-52-26-28-54-82(80)102(98)74-45-23-8-24-46-74/h1-62H. The Morgan fingerprint density at radius 3 is 0.647 bits per heavy atom.